The van der Waals surface area contributed by atoms with Crippen LogP contribution in [0.25, 0.3) is 0 Å². The fraction of sp³-hybridized carbons (Fsp3) is 0.350. The van der Waals surface area contributed by atoms with E-state index in [0.717, 1.165) is 12.0 Å². The number of benzene rings is 2. The van der Waals surface area contributed by atoms with Gasteiger partial charge in [-0.15, -0.1) is 0 Å². The van der Waals surface area contributed by atoms with Gasteiger partial charge in [-0.05, 0) is 60.9 Å². The molecule has 2 aromatic rings. The molecule has 136 valence electrons. The summed E-state index contributed by atoms with van der Waals surface area (Å²) in [6.07, 6.45) is 3.11. The normalized spacial score (nSPS) is 20.9. The van der Waals surface area contributed by atoms with Crippen LogP contribution in [0.2, 0.25) is 0 Å². The van der Waals surface area contributed by atoms with Crippen molar-refractivity contribution in [1.82, 2.24) is 0 Å². The zero-order valence-electron chi connectivity index (χ0n) is 14.6. The van der Waals surface area contributed by atoms with Crippen LogP contribution in [0.1, 0.15) is 37.7 Å². The van der Waals surface area contributed by atoms with E-state index in [1.807, 2.05) is 12.1 Å². The molecule has 1 saturated carbocycles. The summed E-state index contributed by atoms with van der Waals surface area (Å²) in [6, 6.07) is 12.4. The average Bonchev–Trinajstić information content (AvgIpc) is 3.40. The molecule has 0 aromatic heterocycles. The van der Waals surface area contributed by atoms with Gasteiger partial charge < -0.3 is 10.1 Å². The lowest BCUT2D eigenvalue weighted by atomic mass is 9.91. The number of rotatable bonds is 4. The Morgan fingerprint density at radius 3 is 2.58 bits per heavy atom. The van der Waals surface area contributed by atoms with Crippen LogP contribution in [0.5, 0.6) is 11.5 Å². The first-order valence-electron chi connectivity index (χ1n) is 8.84. The number of hydrogen-bond acceptors (Lipinski definition) is 4. The monoisotopic (exact) mass is 371 g/mol. The molecule has 0 radical (unpaired) electrons. The molecule has 2 aromatic carbocycles. The predicted octanol–water partition coefficient (Wildman–Crippen LogP) is 4.11. The van der Waals surface area contributed by atoms with E-state index in [2.05, 4.69) is 5.32 Å². The van der Waals surface area contributed by atoms with E-state index in [1.165, 1.54) is 19.8 Å². The maximum absolute atomic E-state index is 12.5. The molecule has 1 aliphatic carbocycles. The van der Waals surface area contributed by atoms with Crippen molar-refractivity contribution in [2.45, 2.75) is 37.0 Å². The summed E-state index contributed by atoms with van der Waals surface area (Å²) in [7, 11) is -3.26. The lowest BCUT2D eigenvalue weighted by Crippen LogP contribution is -2.21. The van der Waals surface area contributed by atoms with Gasteiger partial charge in [0.25, 0.3) is 0 Å². The Bertz CT molecular complexity index is 964. The quantitative estimate of drug-likeness (QED) is 0.878. The highest BCUT2D eigenvalue weighted by atomic mass is 32.2. The van der Waals surface area contributed by atoms with Crippen LogP contribution in [-0.4, -0.2) is 20.1 Å². The lowest BCUT2D eigenvalue weighted by Gasteiger charge is -2.25. The Hall–Kier alpha value is -2.34. The molecular formula is C20H21NO4S. The van der Waals surface area contributed by atoms with Crippen LogP contribution in [0.15, 0.2) is 47.4 Å². The zero-order chi connectivity index (χ0) is 18.3. The van der Waals surface area contributed by atoms with Gasteiger partial charge in [0.1, 0.15) is 11.5 Å². The first kappa shape index (κ1) is 17.1. The molecular weight excluding hydrogens is 350 g/mol. The van der Waals surface area contributed by atoms with Gasteiger partial charge in [0.2, 0.25) is 5.91 Å². The fourth-order valence-electron chi connectivity index (χ4n) is 3.67. The maximum atomic E-state index is 12.5. The van der Waals surface area contributed by atoms with Gasteiger partial charge in [0, 0.05) is 18.7 Å². The van der Waals surface area contributed by atoms with Crippen LogP contribution in [0, 0.1) is 5.92 Å². The van der Waals surface area contributed by atoms with E-state index >= 15 is 0 Å². The summed E-state index contributed by atoms with van der Waals surface area (Å²) in [5.74, 6) is 2.07. The smallest absolute Gasteiger partial charge is 0.221 e. The molecule has 26 heavy (non-hydrogen) atoms. The second kappa shape index (κ2) is 6.43. The molecule has 1 fully saturated rings. The van der Waals surface area contributed by atoms with Gasteiger partial charge >= 0.3 is 0 Å². The molecule has 6 heteroatoms. The van der Waals surface area contributed by atoms with Crippen molar-refractivity contribution in [3.05, 3.63) is 48.0 Å². The maximum Gasteiger partial charge on any atom is 0.221 e. The summed E-state index contributed by atoms with van der Waals surface area (Å²) >= 11 is 0. The highest BCUT2D eigenvalue weighted by Crippen LogP contribution is 2.49. The second-order valence-electron chi connectivity index (χ2n) is 7.06. The van der Waals surface area contributed by atoms with E-state index < -0.39 is 9.84 Å². The minimum atomic E-state index is -3.26. The topological polar surface area (TPSA) is 72.5 Å². The van der Waals surface area contributed by atoms with Crippen molar-refractivity contribution in [1.29, 1.82) is 0 Å². The van der Waals surface area contributed by atoms with Crippen LogP contribution >= 0.6 is 0 Å². The number of anilines is 1. The van der Waals surface area contributed by atoms with E-state index in [1.54, 1.807) is 30.3 Å². The Morgan fingerprint density at radius 2 is 1.85 bits per heavy atom. The summed E-state index contributed by atoms with van der Waals surface area (Å²) in [5.41, 5.74) is 1.58. The SMILES string of the molecule is CC(=O)Nc1cccc(Oc2ccc3c(c2)S(=O)(=O)CCC3C2CC2)c1. The molecule has 0 saturated heterocycles. The van der Waals surface area contributed by atoms with Gasteiger partial charge in [0.15, 0.2) is 9.84 Å². The van der Waals surface area contributed by atoms with E-state index in [0.29, 0.717) is 33.9 Å². The summed E-state index contributed by atoms with van der Waals surface area (Å²) in [5, 5.41) is 2.70. The van der Waals surface area contributed by atoms with E-state index in [9.17, 15) is 13.2 Å². The van der Waals surface area contributed by atoms with Crippen molar-refractivity contribution in [2.75, 3.05) is 11.1 Å². The number of carbonyl (C=O) groups is 1. The number of sulfone groups is 1. The van der Waals surface area contributed by atoms with Gasteiger partial charge in [-0.25, -0.2) is 8.42 Å². The van der Waals surface area contributed by atoms with Crippen LogP contribution < -0.4 is 10.1 Å². The molecule has 1 aliphatic heterocycles. The Kier molecular flexibility index (Phi) is 4.23. The molecule has 1 N–H and O–H groups in total. The first-order chi connectivity index (χ1) is 12.4. The Labute approximate surface area is 153 Å². The lowest BCUT2D eigenvalue weighted by molar-refractivity contribution is -0.114. The third-order valence-corrected chi connectivity index (χ3v) is 6.80. The Balaban J connectivity index is 1.64. The summed E-state index contributed by atoms with van der Waals surface area (Å²) in [6.45, 7) is 1.44. The number of fused-ring (bicyclic) bond motifs is 1. The molecule has 1 unspecified atom stereocenters. The van der Waals surface area contributed by atoms with Crippen LogP contribution in [0.3, 0.4) is 0 Å². The molecule has 4 rings (SSSR count). The number of hydrogen-bond donors (Lipinski definition) is 1. The van der Waals surface area contributed by atoms with Gasteiger partial charge in [0.05, 0.1) is 10.6 Å². The minimum absolute atomic E-state index is 0.159. The van der Waals surface area contributed by atoms with Crippen molar-refractivity contribution in [2.24, 2.45) is 5.92 Å². The first-order valence-corrected chi connectivity index (χ1v) is 10.5. The predicted molar refractivity (Wildman–Crippen MR) is 99.4 cm³/mol. The number of amides is 1. The third kappa shape index (κ3) is 3.46. The number of carbonyl (C=O) groups excluding carboxylic acids is 1. The molecule has 5 nitrogen and oxygen atoms in total. The van der Waals surface area contributed by atoms with Gasteiger partial charge in [-0.3, -0.25) is 4.79 Å². The second-order valence-corrected chi connectivity index (χ2v) is 9.14. The largest absolute Gasteiger partial charge is 0.457 e. The summed E-state index contributed by atoms with van der Waals surface area (Å²) < 4.78 is 30.9. The highest BCUT2D eigenvalue weighted by molar-refractivity contribution is 7.91. The fourth-order valence-corrected chi connectivity index (χ4v) is 5.32. The molecule has 1 heterocycles. The third-order valence-electron chi connectivity index (χ3n) is 5.00. The standard InChI is InChI=1S/C20H21NO4S/c1-13(22)21-15-3-2-4-16(11-15)25-17-7-8-19-18(14-5-6-14)9-10-26(23,24)20(19)12-17/h2-4,7-8,11-12,14,18H,5-6,9-10H2,1H3,(H,21,22). The van der Waals surface area contributed by atoms with Crippen molar-refractivity contribution in [3.8, 4) is 11.5 Å². The van der Waals surface area contributed by atoms with Gasteiger partial charge in [-0.2, -0.15) is 0 Å². The molecule has 1 atom stereocenters. The molecule has 1 amide bonds. The molecule has 0 bridgehead atoms. The average molecular weight is 371 g/mol. The van der Waals surface area contributed by atoms with E-state index in [4.69, 9.17) is 4.74 Å². The molecule has 0 spiro atoms. The van der Waals surface area contributed by atoms with Crippen LogP contribution in [0.4, 0.5) is 5.69 Å². The van der Waals surface area contributed by atoms with Crippen molar-refractivity contribution in [3.63, 3.8) is 0 Å². The summed E-state index contributed by atoms with van der Waals surface area (Å²) in [4.78, 5) is 11.6. The number of ether oxygens (including phenoxy) is 1. The van der Waals surface area contributed by atoms with E-state index in [-0.39, 0.29) is 11.7 Å². The van der Waals surface area contributed by atoms with Crippen molar-refractivity contribution < 1.29 is 17.9 Å². The minimum Gasteiger partial charge on any atom is -0.457 e. The number of nitrogens with one attached hydrogen (secondary N) is 1. The zero-order valence-corrected chi connectivity index (χ0v) is 15.4. The van der Waals surface area contributed by atoms with Gasteiger partial charge in [-0.1, -0.05) is 12.1 Å². The Morgan fingerprint density at radius 1 is 1.08 bits per heavy atom. The van der Waals surface area contributed by atoms with Crippen LogP contribution in [-0.2, 0) is 14.6 Å². The van der Waals surface area contributed by atoms with Crippen molar-refractivity contribution >= 4 is 21.4 Å². The highest BCUT2D eigenvalue weighted by Gasteiger charge is 2.39. The molecule has 2 aliphatic rings.